The van der Waals surface area contributed by atoms with E-state index in [-0.39, 0.29) is 22.0 Å². The van der Waals surface area contributed by atoms with Crippen LogP contribution in [-0.4, -0.2) is 26.2 Å². The lowest BCUT2D eigenvalue weighted by Crippen LogP contribution is -2.27. The van der Waals surface area contributed by atoms with Gasteiger partial charge in [0.2, 0.25) is 0 Å². The van der Waals surface area contributed by atoms with Crippen molar-refractivity contribution in [3.63, 3.8) is 0 Å². The first kappa shape index (κ1) is 16.8. The number of rotatable bonds is 3. The maximum absolute atomic E-state index is 13.7. The lowest BCUT2D eigenvalue weighted by molar-refractivity contribution is -0.139. The summed E-state index contributed by atoms with van der Waals surface area (Å²) in [6, 6.07) is 4.14. The number of anilines is 1. The molecule has 1 aliphatic rings. The molecule has 0 bridgehead atoms. The number of esters is 2. The van der Waals surface area contributed by atoms with Gasteiger partial charge in [-0.3, -0.25) is 0 Å². The molecule has 0 N–H and O–H groups in total. The van der Waals surface area contributed by atoms with Crippen LogP contribution in [0.4, 0.5) is 10.1 Å². The van der Waals surface area contributed by atoms with E-state index >= 15 is 0 Å². The monoisotopic (exact) mass is 337 g/mol. The molecular weight excluding hydrogens is 325 g/mol. The zero-order valence-electron chi connectivity index (χ0n) is 12.4. The van der Waals surface area contributed by atoms with E-state index in [0.29, 0.717) is 0 Å². The van der Waals surface area contributed by atoms with Crippen molar-refractivity contribution in [1.29, 1.82) is 0 Å². The van der Waals surface area contributed by atoms with Crippen LogP contribution < -0.4 is 4.90 Å². The second kappa shape index (κ2) is 7.11. The second-order valence-electron chi connectivity index (χ2n) is 4.39. The quantitative estimate of drug-likeness (QED) is 0.794. The molecule has 0 saturated heterocycles. The van der Waals surface area contributed by atoms with Gasteiger partial charge in [-0.1, -0.05) is 23.7 Å². The number of benzene rings is 1. The number of hydrogen-bond donors (Lipinski definition) is 0. The average molecular weight is 338 g/mol. The van der Waals surface area contributed by atoms with E-state index in [2.05, 4.69) is 0 Å². The van der Waals surface area contributed by atoms with Gasteiger partial charge in [0.15, 0.2) is 0 Å². The third-order valence-electron chi connectivity index (χ3n) is 3.08. The molecule has 0 spiro atoms. The van der Waals surface area contributed by atoms with Crippen molar-refractivity contribution in [2.45, 2.75) is 0 Å². The topological polar surface area (TPSA) is 55.8 Å². The van der Waals surface area contributed by atoms with Crippen LogP contribution in [0.2, 0.25) is 5.02 Å². The van der Waals surface area contributed by atoms with Crippen LogP contribution in [0, 0.1) is 5.82 Å². The molecule has 0 unspecified atom stereocenters. The van der Waals surface area contributed by atoms with Crippen molar-refractivity contribution in [2.75, 3.05) is 19.1 Å². The fourth-order valence-electron chi connectivity index (χ4n) is 2.03. The standard InChI is InChI=1S/C16H13ClFNO4/c1-22-15(20)10-6-3-4-9-19(14(10)16(21)23-2)12-8-5-7-11(18)13(12)17/h3-9H,1-2H3. The van der Waals surface area contributed by atoms with Crippen molar-refractivity contribution < 1.29 is 23.5 Å². The first-order chi connectivity index (χ1) is 11.0. The molecular formula is C16H13ClFNO4. The molecule has 7 heteroatoms. The number of carbonyl (C=O) groups excluding carboxylic acids is 2. The highest BCUT2D eigenvalue weighted by molar-refractivity contribution is 6.33. The van der Waals surface area contributed by atoms with E-state index in [1.165, 1.54) is 49.6 Å². The van der Waals surface area contributed by atoms with Crippen molar-refractivity contribution in [3.8, 4) is 0 Å². The maximum atomic E-state index is 13.7. The van der Waals surface area contributed by atoms with Crippen molar-refractivity contribution >= 4 is 29.2 Å². The molecule has 0 radical (unpaired) electrons. The lowest BCUT2D eigenvalue weighted by Gasteiger charge is -2.24. The van der Waals surface area contributed by atoms with Gasteiger partial charge in [0.25, 0.3) is 0 Å². The van der Waals surface area contributed by atoms with E-state index in [0.717, 1.165) is 0 Å². The van der Waals surface area contributed by atoms with E-state index < -0.39 is 17.8 Å². The molecule has 1 aromatic rings. The number of hydrogen-bond acceptors (Lipinski definition) is 5. The summed E-state index contributed by atoms with van der Waals surface area (Å²) in [5, 5.41) is -0.190. The molecule has 2 rings (SSSR count). The number of ether oxygens (including phenoxy) is 2. The minimum absolute atomic E-state index is 0.0373. The van der Waals surface area contributed by atoms with Gasteiger partial charge in [-0.05, 0) is 24.3 Å². The largest absolute Gasteiger partial charge is 0.465 e. The summed E-state index contributed by atoms with van der Waals surface area (Å²) in [7, 11) is 2.36. The first-order valence-corrected chi connectivity index (χ1v) is 6.88. The van der Waals surface area contributed by atoms with Gasteiger partial charge in [0.05, 0.1) is 25.5 Å². The zero-order valence-corrected chi connectivity index (χ0v) is 13.1. The summed E-state index contributed by atoms with van der Waals surface area (Å²) >= 11 is 5.99. The van der Waals surface area contributed by atoms with Gasteiger partial charge in [-0.15, -0.1) is 0 Å². The molecule has 0 saturated carbocycles. The Morgan fingerprint density at radius 3 is 2.48 bits per heavy atom. The van der Waals surface area contributed by atoms with Crippen LogP contribution >= 0.6 is 11.6 Å². The fourth-order valence-corrected chi connectivity index (χ4v) is 2.25. The molecule has 1 aliphatic heterocycles. The first-order valence-electron chi connectivity index (χ1n) is 6.50. The second-order valence-corrected chi connectivity index (χ2v) is 4.77. The van der Waals surface area contributed by atoms with Gasteiger partial charge in [-0.25, -0.2) is 14.0 Å². The highest BCUT2D eigenvalue weighted by atomic mass is 35.5. The Bertz CT molecular complexity index is 740. The Balaban J connectivity index is 2.71. The number of carbonyl (C=O) groups is 2. The molecule has 0 aliphatic carbocycles. The highest BCUT2D eigenvalue weighted by Gasteiger charge is 2.28. The number of halogens is 2. The predicted octanol–water partition coefficient (Wildman–Crippen LogP) is 2.97. The van der Waals surface area contributed by atoms with Crippen molar-refractivity contribution in [1.82, 2.24) is 0 Å². The molecule has 1 aromatic carbocycles. The lowest BCUT2D eigenvalue weighted by atomic mass is 10.1. The Morgan fingerprint density at radius 2 is 1.83 bits per heavy atom. The summed E-state index contributed by atoms with van der Waals surface area (Å²) in [5.41, 5.74) is 0.0231. The van der Waals surface area contributed by atoms with Gasteiger partial charge in [-0.2, -0.15) is 0 Å². The van der Waals surface area contributed by atoms with E-state index in [4.69, 9.17) is 21.1 Å². The minimum atomic E-state index is -0.790. The Morgan fingerprint density at radius 1 is 1.13 bits per heavy atom. The molecule has 23 heavy (non-hydrogen) atoms. The summed E-state index contributed by atoms with van der Waals surface area (Å²) in [5.74, 6) is -2.18. The van der Waals surface area contributed by atoms with Crippen LogP contribution in [0.15, 0.2) is 53.9 Å². The van der Waals surface area contributed by atoms with Crippen molar-refractivity contribution in [2.24, 2.45) is 0 Å². The van der Waals surface area contributed by atoms with Crippen LogP contribution in [0.1, 0.15) is 0 Å². The molecule has 0 atom stereocenters. The number of methoxy groups -OCH3 is 2. The molecule has 120 valence electrons. The fraction of sp³-hybridized carbons (Fsp3) is 0.125. The van der Waals surface area contributed by atoms with Crippen LogP contribution in [-0.2, 0) is 19.1 Å². The summed E-state index contributed by atoms with van der Waals surface area (Å²) in [6.45, 7) is 0. The summed E-state index contributed by atoms with van der Waals surface area (Å²) < 4.78 is 23.2. The minimum Gasteiger partial charge on any atom is -0.465 e. The van der Waals surface area contributed by atoms with Crippen LogP contribution in [0.3, 0.4) is 0 Å². The third kappa shape index (κ3) is 3.27. The number of nitrogens with zero attached hydrogens (tertiary/aromatic N) is 1. The van der Waals surface area contributed by atoms with Gasteiger partial charge in [0, 0.05) is 6.20 Å². The Labute approximate surface area is 137 Å². The molecule has 0 amide bonds. The summed E-state index contributed by atoms with van der Waals surface area (Å²) in [4.78, 5) is 25.5. The van der Waals surface area contributed by atoms with Crippen molar-refractivity contribution in [3.05, 3.63) is 64.7 Å². The molecule has 0 aromatic heterocycles. The van der Waals surface area contributed by atoms with E-state index in [1.54, 1.807) is 12.2 Å². The summed E-state index contributed by atoms with van der Waals surface area (Å²) in [6.07, 6.45) is 5.99. The third-order valence-corrected chi connectivity index (χ3v) is 3.45. The Kier molecular flexibility index (Phi) is 5.18. The smallest absolute Gasteiger partial charge is 0.355 e. The average Bonchev–Trinajstić information content (AvgIpc) is 2.78. The highest BCUT2D eigenvalue weighted by Crippen LogP contribution is 2.33. The van der Waals surface area contributed by atoms with E-state index in [1.807, 2.05) is 0 Å². The van der Waals surface area contributed by atoms with E-state index in [9.17, 15) is 14.0 Å². The number of allylic oxidation sites excluding steroid dienone is 2. The maximum Gasteiger partial charge on any atom is 0.355 e. The zero-order chi connectivity index (χ0) is 17.0. The normalized spacial score (nSPS) is 13.8. The SMILES string of the molecule is COC(=O)C1=C(C(=O)OC)N(c2cccc(F)c2Cl)C=CC=C1. The van der Waals surface area contributed by atoms with Crippen LogP contribution in [0.25, 0.3) is 0 Å². The molecule has 1 heterocycles. The van der Waals surface area contributed by atoms with Crippen LogP contribution in [0.5, 0.6) is 0 Å². The Hall–Kier alpha value is -2.60. The molecule has 5 nitrogen and oxygen atoms in total. The van der Waals surface area contributed by atoms with Gasteiger partial charge < -0.3 is 14.4 Å². The molecule has 0 fully saturated rings. The van der Waals surface area contributed by atoms with Gasteiger partial charge >= 0.3 is 11.9 Å². The predicted molar refractivity (Wildman–Crippen MR) is 83.2 cm³/mol. The van der Waals surface area contributed by atoms with Gasteiger partial charge in [0.1, 0.15) is 16.5 Å².